The largest absolute Gasteiger partial charge is 0.338 e. The van der Waals surface area contributed by atoms with Gasteiger partial charge in [0.25, 0.3) is 5.91 Å². The van der Waals surface area contributed by atoms with Gasteiger partial charge in [0, 0.05) is 6.54 Å². The summed E-state index contributed by atoms with van der Waals surface area (Å²) in [6.45, 7) is 0.622. The zero-order chi connectivity index (χ0) is 10.7. The Bertz CT molecular complexity index is 414. The molecule has 3 fully saturated rings. The highest BCUT2D eigenvalue weighted by molar-refractivity contribution is 7.84. The molecule has 0 aromatic carbocycles. The van der Waals surface area contributed by atoms with E-state index >= 15 is 0 Å². The Morgan fingerprint density at radius 1 is 1.47 bits per heavy atom. The molecule has 2 heterocycles. The van der Waals surface area contributed by atoms with Gasteiger partial charge in [-0.05, 0) is 25.7 Å². The number of carbonyl (C=O) groups excluding carboxylic acids is 1. The molecule has 1 N–H and O–H groups in total. The Hall–Kier alpha value is -0.660. The van der Waals surface area contributed by atoms with Crippen LogP contribution in [-0.4, -0.2) is 37.5 Å². The quantitative estimate of drug-likeness (QED) is 0.601. The van der Waals surface area contributed by atoms with Crippen LogP contribution in [0.2, 0.25) is 0 Å². The summed E-state index contributed by atoms with van der Waals surface area (Å²) >= 11 is 0. The molecule has 15 heavy (non-hydrogen) atoms. The predicted molar refractivity (Wildman–Crippen MR) is 49.8 cm³/mol. The van der Waals surface area contributed by atoms with E-state index in [2.05, 4.69) is 4.72 Å². The fourth-order valence-electron chi connectivity index (χ4n) is 2.24. The molecule has 1 saturated carbocycles. The zero-order valence-corrected chi connectivity index (χ0v) is 8.92. The van der Waals surface area contributed by atoms with E-state index < -0.39 is 22.1 Å². The lowest BCUT2D eigenvalue weighted by molar-refractivity contribution is -0.140. The van der Waals surface area contributed by atoms with Gasteiger partial charge in [-0.1, -0.05) is 0 Å². The third-order valence-electron chi connectivity index (χ3n) is 3.16. The molecular weight excluding hydrogens is 220 g/mol. The number of amides is 1. The Morgan fingerprint density at radius 3 is 2.87 bits per heavy atom. The highest BCUT2D eigenvalue weighted by Gasteiger charge is 2.60. The molecule has 0 aromatic rings. The Balaban J connectivity index is 2.01. The van der Waals surface area contributed by atoms with Gasteiger partial charge in [0.1, 0.15) is 0 Å². The van der Waals surface area contributed by atoms with Gasteiger partial charge in [0.2, 0.25) is 0 Å². The summed E-state index contributed by atoms with van der Waals surface area (Å²) < 4.78 is 30.3. The lowest BCUT2D eigenvalue weighted by Gasteiger charge is -2.22. The first kappa shape index (κ1) is 9.56. The highest BCUT2D eigenvalue weighted by atomic mass is 32.2. The van der Waals surface area contributed by atoms with Crippen molar-refractivity contribution in [3.63, 3.8) is 0 Å². The number of hydrogen-bond acceptors (Lipinski definition) is 4. The Labute approximate surface area is 87.8 Å². The van der Waals surface area contributed by atoms with Crippen molar-refractivity contribution in [2.75, 3.05) is 6.54 Å². The maximum atomic E-state index is 12.0. The van der Waals surface area contributed by atoms with Crippen molar-refractivity contribution in [1.29, 1.82) is 0 Å². The summed E-state index contributed by atoms with van der Waals surface area (Å²) in [6.07, 6.45) is 2.13. The maximum Gasteiger partial charge on any atom is 0.338 e. The summed E-state index contributed by atoms with van der Waals surface area (Å²) in [4.78, 5) is 13.6. The molecule has 2 saturated heterocycles. The fourth-order valence-corrected chi connectivity index (χ4v) is 3.53. The van der Waals surface area contributed by atoms with Gasteiger partial charge < -0.3 is 4.90 Å². The van der Waals surface area contributed by atoms with Gasteiger partial charge in [-0.3, -0.25) is 4.79 Å². The SMILES string of the molecule is O=C1N2CCCC2NS(=O)(=O)OC12CC2. The summed E-state index contributed by atoms with van der Waals surface area (Å²) in [7, 11) is -3.76. The Kier molecular flexibility index (Phi) is 1.73. The monoisotopic (exact) mass is 232 g/mol. The fraction of sp³-hybridized carbons (Fsp3) is 0.875. The van der Waals surface area contributed by atoms with E-state index in [1.807, 2.05) is 0 Å². The molecule has 0 aromatic heterocycles. The van der Waals surface area contributed by atoms with Gasteiger partial charge in [-0.25, -0.2) is 4.18 Å². The minimum absolute atomic E-state index is 0.168. The summed E-state index contributed by atoms with van der Waals surface area (Å²) in [5.41, 5.74) is -1.06. The molecule has 2 aliphatic heterocycles. The molecule has 1 spiro atoms. The number of nitrogens with one attached hydrogen (secondary N) is 1. The lowest BCUT2D eigenvalue weighted by atomic mass is 10.3. The van der Waals surface area contributed by atoms with Crippen molar-refractivity contribution in [2.24, 2.45) is 0 Å². The van der Waals surface area contributed by atoms with Crippen LogP contribution < -0.4 is 4.72 Å². The third-order valence-corrected chi connectivity index (χ3v) is 4.26. The van der Waals surface area contributed by atoms with E-state index in [-0.39, 0.29) is 5.91 Å². The highest BCUT2D eigenvalue weighted by Crippen LogP contribution is 2.45. The molecule has 6 nitrogen and oxygen atoms in total. The summed E-state index contributed by atoms with van der Waals surface area (Å²) in [6, 6.07) is 0. The third kappa shape index (κ3) is 1.37. The van der Waals surface area contributed by atoms with Gasteiger partial charge in [0.15, 0.2) is 5.60 Å². The van der Waals surface area contributed by atoms with E-state index in [0.29, 0.717) is 25.8 Å². The van der Waals surface area contributed by atoms with Crippen LogP contribution in [0.3, 0.4) is 0 Å². The molecule has 0 radical (unpaired) electrons. The first-order valence-electron chi connectivity index (χ1n) is 5.06. The van der Waals surface area contributed by atoms with Crippen LogP contribution in [0.15, 0.2) is 0 Å². The van der Waals surface area contributed by atoms with E-state index in [4.69, 9.17) is 4.18 Å². The van der Waals surface area contributed by atoms with Crippen LogP contribution in [-0.2, 0) is 19.3 Å². The average molecular weight is 232 g/mol. The van der Waals surface area contributed by atoms with E-state index in [0.717, 1.165) is 6.42 Å². The molecule has 0 bridgehead atoms. The van der Waals surface area contributed by atoms with Crippen molar-refractivity contribution in [1.82, 2.24) is 9.62 Å². The van der Waals surface area contributed by atoms with Crippen LogP contribution in [0.4, 0.5) is 0 Å². The smallest absolute Gasteiger partial charge is 0.324 e. The summed E-state index contributed by atoms with van der Waals surface area (Å²) in [5, 5.41) is 0. The standard InChI is InChI=1S/C8H12N2O4S/c11-7-8(3-4-8)14-15(12,13)9-6-2-1-5-10(6)7/h6,9H,1-5H2. The van der Waals surface area contributed by atoms with E-state index in [1.165, 1.54) is 0 Å². The van der Waals surface area contributed by atoms with Crippen molar-refractivity contribution in [3.05, 3.63) is 0 Å². The number of nitrogens with zero attached hydrogens (tertiary/aromatic N) is 1. The average Bonchev–Trinajstić information content (AvgIpc) is 2.76. The van der Waals surface area contributed by atoms with Crippen molar-refractivity contribution < 1.29 is 17.4 Å². The molecule has 1 aliphatic carbocycles. The molecule has 1 atom stereocenters. The predicted octanol–water partition coefficient (Wildman–Crippen LogP) is -0.668. The molecule has 3 rings (SSSR count). The minimum Gasteiger partial charge on any atom is -0.324 e. The van der Waals surface area contributed by atoms with Crippen LogP contribution in [0.5, 0.6) is 0 Å². The first-order valence-corrected chi connectivity index (χ1v) is 6.47. The molecule has 1 amide bonds. The van der Waals surface area contributed by atoms with Crippen molar-refractivity contribution in [2.45, 2.75) is 37.5 Å². The number of fused-ring (bicyclic) bond motifs is 1. The molecule has 1 unspecified atom stereocenters. The molecular formula is C8H12N2O4S. The van der Waals surface area contributed by atoms with Crippen LogP contribution in [0.25, 0.3) is 0 Å². The lowest BCUT2D eigenvalue weighted by Crippen LogP contribution is -2.45. The van der Waals surface area contributed by atoms with Crippen molar-refractivity contribution in [3.8, 4) is 0 Å². The second kappa shape index (κ2) is 2.72. The van der Waals surface area contributed by atoms with Gasteiger partial charge in [-0.15, -0.1) is 0 Å². The minimum atomic E-state index is -3.76. The van der Waals surface area contributed by atoms with Gasteiger partial charge in [-0.2, -0.15) is 13.1 Å². The van der Waals surface area contributed by atoms with E-state index in [1.54, 1.807) is 4.90 Å². The number of hydrogen-bond donors (Lipinski definition) is 1. The topological polar surface area (TPSA) is 75.7 Å². The van der Waals surface area contributed by atoms with Crippen LogP contribution in [0, 0.1) is 0 Å². The summed E-state index contributed by atoms with van der Waals surface area (Å²) in [5.74, 6) is -0.168. The second-order valence-corrected chi connectivity index (χ2v) is 5.62. The van der Waals surface area contributed by atoms with Crippen molar-refractivity contribution >= 4 is 16.2 Å². The van der Waals surface area contributed by atoms with Gasteiger partial charge in [0.05, 0.1) is 6.17 Å². The molecule has 84 valence electrons. The molecule has 7 heteroatoms. The number of rotatable bonds is 0. The van der Waals surface area contributed by atoms with Crippen LogP contribution in [0.1, 0.15) is 25.7 Å². The zero-order valence-electron chi connectivity index (χ0n) is 8.10. The van der Waals surface area contributed by atoms with Crippen LogP contribution >= 0.6 is 0 Å². The van der Waals surface area contributed by atoms with Gasteiger partial charge >= 0.3 is 10.3 Å². The normalized spacial score (nSPS) is 36.4. The first-order chi connectivity index (χ1) is 7.03. The second-order valence-electron chi connectivity index (χ2n) is 4.31. The Morgan fingerprint density at radius 2 is 2.20 bits per heavy atom. The van der Waals surface area contributed by atoms with E-state index in [9.17, 15) is 13.2 Å². The number of carbonyl (C=O) groups is 1. The molecule has 3 aliphatic rings. The maximum absolute atomic E-state index is 12.0.